The van der Waals surface area contributed by atoms with E-state index in [0.29, 0.717) is 66.8 Å². The number of hydrogen-bond acceptors (Lipinski definition) is 8. The van der Waals surface area contributed by atoms with Gasteiger partial charge in [-0.2, -0.15) is 0 Å². The van der Waals surface area contributed by atoms with Gasteiger partial charge in [-0.1, -0.05) is 59.6 Å². The lowest BCUT2D eigenvalue weighted by atomic mass is 10.1. The lowest BCUT2D eigenvalue weighted by Crippen LogP contribution is -2.19. The van der Waals surface area contributed by atoms with Gasteiger partial charge < -0.3 is 28.4 Å². The summed E-state index contributed by atoms with van der Waals surface area (Å²) >= 11 is 12.4. The van der Waals surface area contributed by atoms with Gasteiger partial charge in [0.05, 0.1) is 53.8 Å². The third kappa shape index (κ3) is 8.16. The van der Waals surface area contributed by atoms with Crippen molar-refractivity contribution in [3.63, 3.8) is 0 Å². The van der Waals surface area contributed by atoms with Crippen LogP contribution in [0.3, 0.4) is 0 Å². The van der Waals surface area contributed by atoms with Crippen LogP contribution in [0.2, 0.25) is 10.0 Å². The summed E-state index contributed by atoms with van der Waals surface area (Å²) < 4.78 is 63.1. The predicted molar refractivity (Wildman–Crippen MR) is 188 cm³/mol. The fourth-order valence-corrected chi connectivity index (χ4v) is 7.28. The van der Waals surface area contributed by atoms with Crippen LogP contribution in [0, 0.1) is 0 Å². The monoisotopic (exact) mass is 698 g/mol. The van der Waals surface area contributed by atoms with Gasteiger partial charge in [0.2, 0.25) is 0 Å². The maximum absolute atomic E-state index is 14.9. The Kier molecular flexibility index (Phi) is 12.1. The second kappa shape index (κ2) is 16.0. The molecule has 0 N–H and O–H groups in total. The maximum atomic E-state index is 14.9. The van der Waals surface area contributed by atoms with Gasteiger partial charge in [-0.25, -0.2) is 8.42 Å². The molecule has 0 heterocycles. The Morgan fingerprint density at radius 1 is 0.511 bits per heavy atom. The first-order valence-corrected chi connectivity index (χ1v) is 16.7. The van der Waals surface area contributed by atoms with Crippen LogP contribution in [0.25, 0.3) is 12.2 Å². The van der Waals surface area contributed by atoms with Crippen LogP contribution in [0.4, 0.5) is 0 Å². The molecule has 8 nitrogen and oxygen atoms in total. The lowest BCUT2D eigenvalue weighted by Gasteiger charge is -2.22. The summed E-state index contributed by atoms with van der Waals surface area (Å²) in [7, 11) is 5.02. The van der Waals surface area contributed by atoms with Crippen molar-refractivity contribution in [3.8, 4) is 34.5 Å². The smallest absolute Gasteiger partial charge is 0.171 e. The molecule has 0 aromatic heterocycles. The van der Waals surface area contributed by atoms with Crippen LogP contribution in [0.1, 0.15) is 32.8 Å². The first-order valence-electron chi connectivity index (χ1n) is 14.3. The summed E-state index contributed by atoms with van der Waals surface area (Å²) in [6.07, 6.45) is 6.56. The summed E-state index contributed by atoms with van der Waals surface area (Å²) in [6, 6.07) is 20.2. The molecule has 248 valence electrons. The average molecular weight is 700 g/mol. The largest absolute Gasteiger partial charge is 0.496 e. The van der Waals surface area contributed by atoms with Crippen molar-refractivity contribution in [2.75, 3.05) is 42.7 Å². The highest BCUT2D eigenvalue weighted by molar-refractivity contribution is 7.92. The summed E-state index contributed by atoms with van der Waals surface area (Å²) in [5, 5.41) is -1.33. The highest BCUT2D eigenvalue weighted by Gasteiger charge is 2.34. The van der Waals surface area contributed by atoms with E-state index in [-0.39, 0.29) is 0 Å². The second-order valence-electron chi connectivity index (χ2n) is 10.1. The molecule has 2 atom stereocenters. The first-order chi connectivity index (χ1) is 22.6. The quantitative estimate of drug-likeness (QED) is 0.129. The molecule has 0 amide bonds. The summed E-state index contributed by atoms with van der Waals surface area (Å²) in [4.78, 5) is 0. The number of halogens is 2. The molecule has 0 saturated heterocycles. The van der Waals surface area contributed by atoms with Gasteiger partial charge in [0, 0.05) is 34.3 Å². The maximum Gasteiger partial charge on any atom is 0.171 e. The van der Waals surface area contributed by atoms with E-state index in [1.807, 2.05) is 0 Å². The Morgan fingerprint density at radius 2 is 0.809 bits per heavy atom. The van der Waals surface area contributed by atoms with E-state index in [9.17, 15) is 8.42 Å². The molecule has 0 bridgehead atoms. The topological polar surface area (TPSA) is 89.5 Å². The van der Waals surface area contributed by atoms with E-state index in [2.05, 4.69) is 0 Å². The van der Waals surface area contributed by atoms with Crippen LogP contribution in [0.15, 0.2) is 84.9 Å². The minimum absolute atomic E-state index is 0.442. The third-order valence-corrected chi connectivity index (χ3v) is 10.3. The van der Waals surface area contributed by atoms with E-state index in [0.717, 1.165) is 0 Å². The average Bonchev–Trinajstić information content (AvgIpc) is 3.09. The highest BCUT2D eigenvalue weighted by atomic mass is 35.5. The zero-order valence-electron chi connectivity index (χ0n) is 26.8. The molecule has 0 fully saturated rings. The van der Waals surface area contributed by atoms with Crippen LogP contribution >= 0.6 is 23.2 Å². The van der Waals surface area contributed by atoms with Crippen LogP contribution in [-0.4, -0.2) is 51.1 Å². The van der Waals surface area contributed by atoms with E-state index >= 15 is 0 Å². The van der Waals surface area contributed by atoms with Gasteiger partial charge in [0.15, 0.2) is 9.84 Å². The van der Waals surface area contributed by atoms with Crippen molar-refractivity contribution in [2.24, 2.45) is 0 Å². The Labute approximate surface area is 286 Å². The number of benzene rings is 4. The molecule has 0 spiro atoms. The fourth-order valence-electron chi connectivity index (χ4n) is 5.04. The fraction of sp³-hybridized carbons (Fsp3) is 0.222. The SMILES string of the molecule is COc1cc(OC)c(C=CC(c2ccc(Cl)cc2)S(=O)(=O)C(C=Cc2c(OC)cc(OC)cc2OC)c2ccc(Cl)cc2)c(OC)c1. The number of rotatable bonds is 14. The molecule has 2 unspecified atom stereocenters. The van der Waals surface area contributed by atoms with Crippen LogP contribution < -0.4 is 28.4 Å². The minimum Gasteiger partial charge on any atom is -0.496 e. The van der Waals surface area contributed by atoms with Crippen molar-refractivity contribution in [3.05, 3.63) is 117 Å². The van der Waals surface area contributed by atoms with E-state index < -0.39 is 20.3 Å². The van der Waals surface area contributed by atoms with Gasteiger partial charge in [-0.05, 0) is 47.5 Å². The van der Waals surface area contributed by atoms with Gasteiger partial charge in [-0.3, -0.25) is 0 Å². The Bertz CT molecular complexity index is 1660. The Balaban J connectivity index is 1.93. The van der Waals surface area contributed by atoms with E-state index in [1.54, 1.807) is 97.1 Å². The second-order valence-corrected chi connectivity index (χ2v) is 13.2. The van der Waals surface area contributed by atoms with Crippen molar-refractivity contribution in [2.45, 2.75) is 10.5 Å². The van der Waals surface area contributed by atoms with Crippen molar-refractivity contribution in [1.29, 1.82) is 0 Å². The summed E-state index contributed by atoms with van der Waals surface area (Å²) in [5.41, 5.74) is 2.08. The molecule has 0 saturated carbocycles. The van der Waals surface area contributed by atoms with Crippen LogP contribution in [-0.2, 0) is 9.84 Å². The molecule has 47 heavy (non-hydrogen) atoms. The zero-order valence-corrected chi connectivity index (χ0v) is 29.2. The van der Waals surface area contributed by atoms with E-state index in [4.69, 9.17) is 51.6 Å². The molecule has 0 aliphatic rings. The van der Waals surface area contributed by atoms with Crippen LogP contribution in [0.5, 0.6) is 34.5 Å². The molecular formula is C36H36Cl2O8S. The van der Waals surface area contributed by atoms with Gasteiger partial charge in [0.1, 0.15) is 45.0 Å². The minimum atomic E-state index is -4.11. The third-order valence-electron chi connectivity index (χ3n) is 7.49. The lowest BCUT2D eigenvalue weighted by molar-refractivity contribution is 0.374. The molecular weight excluding hydrogens is 663 g/mol. The van der Waals surface area contributed by atoms with E-state index in [1.165, 1.54) is 42.7 Å². The molecule has 0 aliphatic heterocycles. The standard InChI is InChI=1S/C36H36Cl2O8S/c1-41-27-19-31(43-3)29(32(20-27)44-4)15-17-35(23-7-11-25(37)12-8-23)47(39,40)36(24-9-13-26(38)14-10-24)18-16-30-33(45-5)21-28(42-2)22-34(30)46-6/h7-22,35-36H,1-6H3. The highest BCUT2D eigenvalue weighted by Crippen LogP contribution is 2.42. The normalized spacial score (nSPS) is 12.9. The molecule has 11 heteroatoms. The number of methoxy groups -OCH3 is 6. The summed E-state index contributed by atoms with van der Waals surface area (Å²) in [6.45, 7) is 0. The molecule has 4 rings (SSSR count). The van der Waals surface area contributed by atoms with Gasteiger partial charge in [-0.15, -0.1) is 0 Å². The molecule has 0 aliphatic carbocycles. The number of hydrogen-bond donors (Lipinski definition) is 0. The number of sulfone groups is 1. The molecule has 4 aromatic rings. The predicted octanol–water partition coefficient (Wildman–Crippen LogP) is 8.67. The molecule has 0 radical (unpaired) electrons. The first kappa shape index (κ1) is 35.5. The van der Waals surface area contributed by atoms with Crippen molar-refractivity contribution < 1.29 is 36.8 Å². The zero-order chi connectivity index (χ0) is 34.1. The molecule has 4 aromatic carbocycles. The summed E-state index contributed by atoms with van der Waals surface area (Å²) in [5.74, 6) is 2.82. The van der Waals surface area contributed by atoms with Gasteiger partial charge in [0.25, 0.3) is 0 Å². The Hall–Kier alpha value is -4.31. The Morgan fingerprint density at radius 3 is 1.06 bits per heavy atom. The van der Waals surface area contributed by atoms with Crippen molar-refractivity contribution in [1.82, 2.24) is 0 Å². The number of ether oxygens (including phenoxy) is 6. The van der Waals surface area contributed by atoms with Gasteiger partial charge >= 0.3 is 0 Å². The van der Waals surface area contributed by atoms with Crippen molar-refractivity contribution >= 4 is 45.2 Å².